The van der Waals surface area contributed by atoms with E-state index in [2.05, 4.69) is 10.0 Å². The lowest BCUT2D eigenvalue weighted by Gasteiger charge is -2.30. The zero-order valence-electron chi connectivity index (χ0n) is 18.2. The second kappa shape index (κ2) is 10.1. The Bertz CT molecular complexity index is 1140. The lowest BCUT2D eigenvalue weighted by atomic mass is 9.97. The van der Waals surface area contributed by atoms with E-state index < -0.39 is 20.0 Å². The van der Waals surface area contributed by atoms with E-state index in [1.165, 1.54) is 11.4 Å². The van der Waals surface area contributed by atoms with Crippen molar-refractivity contribution in [2.75, 3.05) is 20.1 Å². The Labute approximate surface area is 190 Å². The normalized spacial score (nSPS) is 16.1. The number of carbonyl (C=O) groups excluding carboxylic acids is 1. The fourth-order valence-electron chi connectivity index (χ4n) is 3.60. The molecule has 2 N–H and O–H groups in total. The number of benzene rings is 2. The van der Waals surface area contributed by atoms with Crippen LogP contribution in [0.2, 0.25) is 0 Å². The van der Waals surface area contributed by atoms with Gasteiger partial charge in [0.05, 0.1) is 10.6 Å². The molecular weight excluding hydrogens is 450 g/mol. The van der Waals surface area contributed by atoms with E-state index in [1.54, 1.807) is 48.5 Å². The Hall–Kier alpha value is -2.27. The van der Waals surface area contributed by atoms with Crippen LogP contribution in [-0.2, 0) is 37.1 Å². The molecule has 1 aliphatic heterocycles. The summed E-state index contributed by atoms with van der Waals surface area (Å²) in [5.41, 5.74) is 2.52. The topological polar surface area (TPSA) is 113 Å². The van der Waals surface area contributed by atoms with Gasteiger partial charge in [-0.2, -0.15) is 4.31 Å². The van der Waals surface area contributed by atoms with Crippen LogP contribution in [0.25, 0.3) is 0 Å². The first-order chi connectivity index (χ1) is 15.1. The minimum Gasteiger partial charge on any atom is -0.352 e. The number of nitrogens with one attached hydrogen (secondary N) is 2. The van der Waals surface area contributed by atoms with E-state index in [4.69, 9.17) is 0 Å². The molecule has 1 amide bonds. The molecule has 0 aromatic heterocycles. The lowest BCUT2D eigenvalue weighted by Crippen LogP contribution is -2.42. The Morgan fingerprint density at radius 3 is 2.06 bits per heavy atom. The molecular formula is C22H29N3O5S2. The van der Waals surface area contributed by atoms with E-state index in [-0.39, 0.29) is 22.5 Å². The monoisotopic (exact) mass is 479 g/mol. The largest absolute Gasteiger partial charge is 0.352 e. The van der Waals surface area contributed by atoms with Crippen LogP contribution in [0.5, 0.6) is 0 Å². The maximum absolute atomic E-state index is 12.8. The molecule has 8 nitrogen and oxygen atoms in total. The van der Waals surface area contributed by atoms with Crippen molar-refractivity contribution >= 4 is 26.0 Å². The van der Waals surface area contributed by atoms with Gasteiger partial charge in [-0.15, -0.1) is 0 Å². The van der Waals surface area contributed by atoms with Gasteiger partial charge in [0.1, 0.15) is 0 Å². The molecule has 0 saturated carbocycles. The molecule has 32 heavy (non-hydrogen) atoms. The van der Waals surface area contributed by atoms with Crippen LogP contribution < -0.4 is 10.0 Å². The highest BCUT2D eigenvalue weighted by Gasteiger charge is 2.31. The van der Waals surface area contributed by atoms with E-state index in [0.717, 1.165) is 11.1 Å². The smallest absolute Gasteiger partial charge is 0.243 e. The fraction of sp³-hybridized carbons (Fsp3) is 0.409. The zero-order chi connectivity index (χ0) is 23.4. The second-order valence-electron chi connectivity index (χ2n) is 7.99. The average molecular weight is 480 g/mol. The quantitative estimate of drug-likeness (QED) is 0.599. The van der Waals surface area contributed by atoms with Crippen LogP contribution in [0.1, 0.15) is 29.5 Å². The minimum absolute atomic E-state index is 0.0970. The second-order valence-corrected chi connectivity index (χ2v) is 11.9. The fourth-order valence-corrected chi connectivity index (χ4v) is 5.84. The predicted molar refractivity (Wildman–Crippen MR) is 123 cm³/mol. The SMILES string of the molecule is CNS(=O)(=O)Cc1ccc(CNC(=O)C2CCN(S(=O)(=O)c3ccc(C)cc3)CC2)cc1. The summed E-state index contributed by atoms with van der Waals surface area (Å²) in [4.78, 5) is 12.8. The summed E-state index contributed by atoms with van der Waals surface area (Å²) in [5, 5.41) is 2.90. The van der Waals surface area contributed by atoms with Gasteiger partial charge in [0.2, 0.25) is 26.0 Å². The van der Waals surface area contributed by atoms with Gasteiger partial charge in [-0.05, 0) is 50.1 Å². The van der Waals surface area contributed by atoms with Crippen LogP contribution in [0.15, 0.2) is 53.4 Å². The minimum atomic E-state index is -3.55. The number of aryl methyl sites for hydroxylation is 1. The highest BCUT2D eigenvalue weighted by Crippen LogP contribution is 2.24. The van der Waals surface area contributed by atoms with Crippen molar-refractivity contribution in [2.45, 2.75) is 37.0 Å². The number of piperidine rings is 1. The third-order valence-electron chi connectivity index (χ3n) is 5.64. The van der Waals surface area contributed by atoms with Crippen LogP contribution in [0.4, 0.5) is 0 Å². The van der Waals surface area contributed by atoms with Crippen LogP contribution in [0, 0.1) is 12.8 Å². The summed E-state index contributed by atoms with van der Waals surface area (Å²) in [6, 6.07) is 13.8. The van der Waals surface area contributed by atoms with Gasteiger partial charge in [-0.25, -0.2) is 21.6 Å². The lowest BCUT2D eigenvalue weighted by molar-refractivity contribution is -0.126. The molecule has 0 radical (unpaired) electrons. The summed E-state index contributed by atoms with van der Waals surface area (Å²) in [6.45, 7) is 2.86. The highest BCUT2D eigenvalue weighted by atomic mass is 32.2. The summed E-state index contributed by atoms with van der Waals surface area (Å²) in [7, 11) is -5.50. The molecule has 1 heterocycles. The summed E-state index contributed by atoms with van der Waals surface area (Å²) in [5.74, 6) is -0.432. The standard InChI is InChI=1S/C22H29N3O5S2/c1-17-3-9-21(10-4-17)32(29,30)25-13-11-20(12-14-25)22(26)24-15-18-5-7-19(8-6-18)16-31(27,28)23-2/h3-10,20,23H,11-16H2,1-2H3,(H,24,26). The van der Waals surface area contributed by atoms with Gasteiger partial charge in [-0.3, -0.25) is 4.79 Å². The van der Waals surface area contributed by atoms with Gasteiger partial charge in [0.25, 0.3) is 0 Å². The van der Waals surface area contributed by atoms with Gasteiger partial charge < -0.3 is 5.32 Å². The molecule has 3 rings (SSSR count). The molecule has 10 heteroatoms. The summed E-state index contributed by atoms with van der Waals surface area (Å²) < 4.78 is 52.6. The molecule has 0 aliphatic carbocycles. The molecule has 174 valence electrons. The third-order valence-corrected chi connectivity index (χ3v) is 8.89. The number of amides is 1. The molecule has 1 fully saturated rings. The van der Waals surface area contributed by atoms with Crippen LogP contribution in [-0.4, -0.2) is 47.2 Å². The first kappa shape index (κ1) is 24.4. The summed E-state index contributed by atoms with van der Waals surface area (Å²) >= 11 is 0. The molecule has 2 aromatic carbocycles. The first-order valence-electron chi connectivity index (χ1n) is 10.4. The Kier molecular flexibility index (Phi) is 7.71. The van der Waals surface area contributed by atoms with E-state index in [0.29, 0.717) is 38.0 Å². The van der Waals surface area contributed by atoms with Gasteiger partial charge in [0.15, 0.2) is 0 Å². The molecule has 0 atom stereocenters. The van der Waals surface area contributed by atoms with E-state index in [1.807, 2.05) is 6.92 Å². The maximum Gasteiger partial charge on any atom is 0.243 e. The molecule has 0 bridgehead atoms. The van der Waals surface area contributed by atoms with Crippen molar-refractivity contribution in [1.82, 2.24) is 14.3 Å². The van der Waals surface area contributed by atoms with Crippen molar-refractivity contribution in [3.8, 4) is 0 Å². The van der Waals surface area contributed by atoms with Gasteiger partial charge >= 0.3 is 0 Å². The van der Waals surface area contributed by atoms with Gasteiger partial charge in [-0.1, -0.05) is 42.0 Å². The number of hydrogen-bond donors (Lipinski definition) is 2. The van der Waals surface area contributed by atoms with Gasteiger partial charge in [0, 0.05) is 25.6 Å². The number of rotatable bonds is 8. The van der Waals surface area contributed by atoms with E-state index >= 15 is 0 Å². The number of hydrogen-bond acceptors (Lipinski definition) is 5. The van der Waals surface area contributed by atoms with Crippen molar-refractivity contribution in [2.24, 2.45) is 5.92 Å². The van der Waals surface area contributed by atoms with Crippen molar-refractivity contribution in [3.05, 3.63) is 65.2 Å². The Morgan fingerprint density at radius 1 is 0.938 bits per heavy atom. The predicted octanol–water partition coefficient (Wildman–Crippen LogP) is 1.76. The van der Waals surface area contributed by atoms with Crippen molar-refractivity contribution < 1.29 is 21.6 Å². The van der Waals surface area contributed by atoms with Crippen molar-refractivity contribution in [1.29, 1.82) is 0 Å². The number of sulfonamides is 2. The van der Waals surface area contributed by atoms with Crippen LogP contribution in [0.3, 0.4) is 0 Å². The average Bonchev–Trinajstić information content (AvgIpc) is 2.78. The Balaban J connectivity index is 1.50. The summed E-state index contributed by atoms with van der Waals surface area (Å²) in [6.07, 6.45) is 0.940. The molecule has 1 aliphatic rings. The highest BCUT2D eigenvalue weighted by molar-refractivity contribution is 7.89. The molecule has 2 aromatic rings. The van der Waals surface area contributed by atoms with Crippen LogP contribution >= 0.6 is 0 Å². The van der Waals surface area contributed by atoms with E-state index in [9.17, 15) is 21.6 Å². The van der Waals surface area contributed by atoms with Crippen molar-refractivity contribution in [3.63, 3.8) is 0 Å². The number of nitrogens with zero attached hydrogens (tertiary/aromatic N) is 1. The Morgan fingerprint density at radius 2 is 1.50 bits per heavy atom. The molecule has 0 spiro atoms. The number of carbonyl (C=O) groups is 1. The molecule has 1 saturated heterocycles. The first-order valence-corrected chi connectivity index (χ1v) is 13.5. The third kappa shape index (κ3) is 6.16. The molecule has 0 unspecified atom stereocenters. The zero-order valence-corrected chi connectivity index (χ0v) is 19.9. The maximum atomic E-state index is 12.8.